The molecule has 0 bridgehead atoms. The fraction of sp³-hybridized carbons (Fsp3) is 0.471. The van der Waals surface area contributed by atoms with Crippen molar-refractivity contribution in [2.45, 2.75) is 45.9 Å². The number of carbonyl (C=O) groups is 1. The Bertz CT molecular complexity index is 678. The zero-order valence-corrected chi connectivity index (χ0v) is 13.6. The normalized spacial score (nSPS) is 16.9. The molecule has 0 saturated carbocycles. The minimum atomic E-state index is -0.169. The van der Waals surface area contributed by atoms with Crippen LogP contribution in [-0.2, 0) is 17.9 Å². The second kappa shape index (κ2) is 6.91. The van der Waals surface area contributed by atoms with Gasteiger partial charge in [-0.25, -0.2) is 4.68 Å². The number of aromatic nitrogens is 3. The zero-order chi connectivity index (χ0) is 16.2. The minimum absolute atomic E-state index is 0.0548. The first kappa shape index (κ1) is 15.7. The van der Waals surface area contributed by atoms with Gasteiger partial charge in [-0.15, -0.1) is 5.10 Å². The van der Waals surface area contributed by atoms with Crippen LogP contribution in [0.4, 0.5) is 0 Å². The van der Waals surface area contributed by atoms with Crippen LogP contribution in [0.5, 0.6) is 0 Å². The first-order valence-corrected chi connectivity index (χ1v) is 8.07. The lowest BCUT2D eigenvalue weighted by atomic mass is 10.1. The molecule has 0 saturated heterocycles. The molecule has 0 aliphatic carbocycles. The molecule has 1 amide bonds. The van der Waals surface area contributed by atoms with Gasteiger partial charge in [-0.2, -0.15) is 0 Å². The Morgan fingerprint density at radius 1 is 1.39 bits per heavy atom. The van der Waals surface area contributed by atoms with Crippen molar-refractivity contribution in [3.05, 3.63) is 46.8 Å². The van der Waals surface area contributed by atoms with Gasteiger partial charge < -0.3 is 10.1 Å². The van der Waals surface area contributed by atoms with Crippen LogP contribution < -0.4 is 5.32 Å². The van der Waals surface area contributed by atoms with Gasteiger partial charge in [0.1, 0.15) is 6.10 Å². The summed E-state index contributed by atoms with van der Waals surface area (Å²) in [5, 5.41) is 11.0. The Kier molecular flexibility index (Phi) is 4.71. The average Bonchev–Trinajstić information content (AvgIpc) is 2.99. The largest absolute Gasteiger partial charge is 0.365 e. The van der Waals surface area contributed by atoms with Crippen molar-refractivity contribution in [2.24, 2.45) is 0 Å². The zero-order valence-electron chi connectivity index (χ0n) is 13.6. The Balaban J connectivity index is 1.71. The van der Waals surface area contributed by atoms with Crippen LogP contribution in [0.2, 0.25) is 0 Å². The summed E-state index contributed by atoms with van der Waals surface area (Å²) in [7, 11) is 0. The molecule has 1 atom stereocenters. The average molecular weight is 314 g/mol. The molecule has 122 valence electrons. The molecule has 1 N–H and O–H groups in total. The molecule has 0 fully saturated rings. The highest BCUT2D eigenvalue weighted by atomic mass is 16.5. The number of nitrogens with one attached hydrogen (secondary N) is 1. The summed E-state index contributed by atoms with van der Waals surface area (Å²) in [6.45, 7) is 5.74. The Hall–Kier alpha value is -2.21. The van der Waals surface area contributed by atoms with E-state index in [1.165, 1.54) is 5.56 Å². The van der Waals surface area contributed by atoms with Gasteiger partial charge in [-0.05, 0) is 18.9 Å². The number of unbranched alkanes of at least 4 members (excludes halogenated alkanes) is 1. The van der Waals surface area contributed by atoms with Gasteiger partial charge in [0.25, 0.3) is 5.91 Å². The molecule has 3 rings (SSSR count). The maximum Gasteiger partial charge on any atom is 0.273 e. The fourth-order valence-corrected chi connectivity index (χ4v) is 2.63. The lowest BCUT2D eigenvalue weighted by Gasteiger charge is -2.24. The van der Waals surface area contributed by atoms with Gasteiger partial charge in [0.15, 0.2) is 5.69 Å². The third-order valence-corrected chi connectivity index (χ3v) is 4.08. The molecule has 1 aliphatic heterocycles. The van der Waals surface area contributed by atoms with Crippen LogP contribution in [0.15, 0.2) is 24.3 Å². The number of amides is 1. The van der Waals surface area contributed by atoms with Crippen LogP contribution in [0.1, 0.15) is 53.2 Å². The minimum Gasteiger partial charge on any atom is -0.365 e. The van der Waals surface area contributed by atoms with Crippen molar-refractivity contribution in [3.63, 3.8) is 0 Å². The maximum absolute atomic E-state index is 12.2. The van der Waals surface area contributed by atoms with E-state index in [1.807, 2.05) is 0 Å². The highest BCUT2D eigenvalue weighted by Crippen LogP contribution is 2.27. The first-order chi connectivity index (χ1) is 11.2. The highest BCUT2D eigenvalue weighted by Gasteiger charge is 2.27. The number of ether oxygens (including phenoxy) is 1. The number of fused-ring (bicyclic) bond motifs is 1. The van der Waals surface area contributed by atoms with E-state index in [2.05, 4.69) is 53.7 Å². The van der Waals surface area contributed by atoms with Gasteiger partial charge in [0.05, 0.1) is 18.8 Å². The van der Waals surface area contributed by atoms with Crippen LogP contribution in [0, 0.1) is 6.92 Å². The van der Waals surface area contributed by atoms with Gasteiger partial charge in [0.2, 0.25) is 0 Å². The number of hydrogen-bond donors (Lipinski definition) is 1. The van der Waals surface area contributed by atoms with Crippen molar-refractivity contribution in [1.82, 2.24) is 20.3 Å². The Morgan fingerprint density at radius 3 is 2.91 bits per heavy atom. The Labute approximate surface area is 135 Å². The van der Waals surface area contributed by atoms with E-state index >= 15 is 0 Å². The molecule has 0 radical (unpaired) electrons. The summed E-state index contributed by atoms with van der Waals surface area (Å²) in [6, 6.07) is 8.28. The van der Waals surface area contributed by atoms with Crippen LogP contribution in [0.3, 0.4) is 0 Å². The Morgan fingerprint density at radius 2 is 2.17 bits per heavy atom. The molecule has 1 aromatic carbocycles. The van der Waals surface area contributed by atoms with Crippen LogP contribution in [-0.4, -0.2) is 27.4 Å². The van der Waals surface area contributed by atoms with Crippen molar-refractivity contribution in [2.75, 3.05) is 6.54 Å². The predicted octanol–water partition coefficient (Wildman–Crippen LogP) is 2.39. The summed E-state index contributed by atoms with van der Waals surface area (Å²) in [6.07, 6.45) is 1.95. The van der Waals surface area contributed by atoms with E-state index in [1.54, 1.807) is 4.68 Å². The van der Waals surface area contributed by atoms with Crippen molar-refractivity contribution >= 4 is 5.91 Å². The first-order valence-electron chi connectivity index (χ1n) is 8.07. The molecule has 23 heavy (non-hydrogen) atoms. The summed E-state index contributed by atoms with van der Waals surface area (Å²) in [4.78, 5) is 12.2. The molecule has 0 unspecified atom stereocenters. The fourth-order valence-electron chi connectivity index (χ4n) is 2.63. The molecule has 1 aliphatic rings. The number of nitrogens with zero attached hydrogens (tertiary/aromatic N) is 3. The standard InChI is InChI=1S/C17H22N4O2/c1-3-4-9-18-17(22)16-14-11-23-15(10-21(14)20-19-16)13-7-5-12(2)6-8-13/h5-8,15H,3-4,9-11H2,1-2H3,(H,18,22)/t15-/m1/s1. The van der Waals surface area contributed by atoms with E-state index < -0.39 is 0 Å². The topological polar surface area (TPSA) is 69.0 Å². The molecule has 2 heterocycles. The second-order valence-electron chi connectivity index (χ2n) is 5.89. The van der Waals surface area contributed by atoms with E-state index in [4.69, 9.17) is 4.74 Å². The van der Waals surface area contributed by atoms with Crippen molar-refractivity contribution < 1.29 is 9.53 Å². The van der Waals surface area contributed by atoms with E-state index in [-0.39, 0.29) is 12.0 Å². The molecule has 6 heteroatoms. The third kappa shape index (κ3) is 3.42. The van der Waals surface area contributed by atoms with Crippen LogP contribution >= 0.6 is 0 Å². The quantitative estimate of drug-likeness (QED) is 0.860. The van der Waals surface area contributed by atoms with Crippen LogP contribution in [0.25, 0.3) is 0 Å². The monoisotopic (exact) mass is 314 g/mol. The van der Waals surface area contributed by atoms with E-state index in [0.717, 1.165) is 24.1 Å². The number of aryl methyl sites for hydroxylation is 1. The lowest BCUT2D eigenvalue weighted by Crippen LogP contribution is -2.28. The number of benzene rings is 1. The molecular formula is C17H22N4O2. The molecule has 2 aromatic rings. The molecular weight excluding hydrogens is 292 g/mol. The number of rotatable bonds is 5. The summed E-state index contributed by atoms with van der Waals surface area (Å²) in [5.41, 5.74) is 3.47. The van der Waals surface area contributed by atoms with Gasteiger partial charge in [-0.3, -0.25) is 4.79 Å². The van der Waals surface area contributed by atoms with Crippen molar-refractivity contribution in [1.29, 1.82) is 0 Å². The predicted molar refractivity (Wildman–Crippen MR) is 86.0 cm³/mol. The smallest absolute Gasteiger partial charge is 0.273 e. The van der Waals surface area contributed by atoms with Gasteiger partial charge in [-0.1, -0.05) is 48.4 Å². The third-order valence-electron chi connectivity index (χ3n) is 4.08. The molecule has 6 nitrogen and oxygen atoms in total. The lowest BCUT2D eigenvalue weighted by molar-refractivity contribution is -0.00177. The summed E-state index contributed by atoms with van der Waals surface area (Å²) >= 11 is 0. The highest BCUT2D eigenvalue weighted by molar-refractivity contribution is 5.93. The number of hydrogen-bond acceptors (Lipinski definition) is 4. The summed E-state index contributed by atoms with van der Waals surface area (Å²) < 4.78 is 7.70. The van der Waals surface area contributed by atoms with E-state index in [9.17, 15) is 4.79 Å². The van der Waals surface area contributed by atoms with E-state index in [0.29, 0.717) is 25.4 Å². The number of carbonyl (C=O) groups excluding carboxylic acids is 1. The van der Waals surface area contributed by atoms with Crippen molar-refractivity contribution in [3.8, 4) is 0 Å². The summed E-state index contributed by atoms with van der Waals surface area (Å²) in [5.74, 6) is -0.169. The van der Waals surface area contributed by atoms with Gasteiger partial charge >= 0.3 is 0 Å². The van der Waals surface area contributed by atoms with Gasteiger partial charge in [0, 0.05) is 6.54 Å². The molecule has 1 aromatic heterocycles. The maximum atomic E-state index is 12.2. The SMILES string of the molecule is CCCCNC(=O)c1nnn2c1CO[C@@H](c1ccc(C)cc1)C2. The molecule has 0 spiro atoms. The second-order valence-corrected chi connectivity index (χ2v) is 5.89.